The van der Waals surface area contributed by atoms with Gasteiger partial charge in [-0.1, -0.05) is 24.3 Å². The van der Waals surface area contributed by atoms with E-state index in [2.05, 4.69) is 23.3 Å². The molecule has 0 bridgehead atoms. The second kappa shape index (κ2) is 10.5. The Morgan fingerprint density at radius 1 is 1.19 bits per heavy atom. The van der Waals surface area contributed by atoms with Crippen LogP contribution in [-0.2, 0) is 11.2 Å². The minimum Gasteiger partial charge on any atom is -0.492 e. The summed E-state index contributed by atoms with van der Waals surface area (Å²) in [7, 11) is 0. The molecule has 3 rings (SSSR count). The molecule has 8 nitrogen and oxygen atoms in total. The Morgan fingerprint density at radius 3 is 2.61 bits per heavy atom. The molecular weight excluding hydrogens is 414 g/mol. The van der Waals surface area contributed by atoms with Crippen LogP contribution in [0.1, 0.15) is 33.9 Å². The number of nitrogens with two attached hydrogens (primary N) is 3. The Labute approximate surface area is 187 Å². The van der Waals surface area contributed by atoms with Gasteiger partial charge in [0.15, 0.2) is 0 Å². The van der Waals surface area contributed by atoms with Crippen LogP contribution in [0.3, 0.4) is 0 Å². The molecule has 3 atom stereocenters. The molecule has 2 amide bonds. The number of hydrogen-bond acceptors (Lipinski definition) is 7. The fourth-order valence-corrected chi connectivity index (χ4v) is 3.65. The lowest BCUT2D eigenvalue weighted by Gasteiger charge is -2.29. The number of carbonyl (C=O) groups is 2. The number of primary amides is 1. The number of thiol groups is 1. The standard InChI is InChI=1S/C22H29N5O3S/c23-14-6-4-13(5-7-14)10-19(21(25)28)27-22(29)17-3-1-2-16-18(8-9-30-20(16)17)26-11-15(24)12-31/h1-7,15,18-19,26,31H,8-12,23-24H2,(H2,25,28)(H,27,29). The lowest BCUT2D eigenvalue weighted by atomic mass is 9.96. The van der Waals surface area contributed by atoms with Crippen LogP contribution < -0.4 is 32.6 Å². The molecule has 8 N–H and O–H groups in total. The van der Waals surface area contributed by atoms with E-state index in [9.17, 15) is 9.59 Å². The Balaban J connectivity index is 1.76. The summed E-state index contributed by atoms with van der Waals surface area (Å²) in [6, 6.07) is 11.6. The van der Waals surface area contributed by atoms with Crippen molar-refractivity contribution in [2.24, 2.45) is 11.5 Å². The SMILES string of the molecule is NC(=O)C(Cc1ccc(N)cc1)NC(=O)c1cccc2c1OCCC2NCC(N)CS. The van der Waals surface area contributed by atoms with Crippen LogP contribution in [0.25, 0.3) is 0 Å². The number of rotatable bonds is 9. The first-order valence-corrected chi connectivity index (χ1v) is 10.8. The number of hydrogen-bond donors (Lipinski definition) is 6. The van der Waals surface area contributed by atoms with E-state index >= 15 is 0 Å². The average molecular weight is 444 g/mol. The number of fused-ring (bicyclic) bond motifs is 1. The third kappa shape index (κ3) is 5.90. The number of nitrogen functional groups attached to an aromatic ring is 1. The molecule has 0 spiro atoms. The first kappa shape index (κ1) is 22.9. The maximum absolute atomic E-state index is 13.0. The molecule has 1 aliphatic rings. The van der Waals surface area contributed by atoms with E-state index < -0.39 is 17.9 Å². The van der Waals surface area contributed by atoms with Gasteiger partial charge in [-0.3, -0.25) is 9.59 Å². The van der Waals surface area contributed by atoms with Crippen LogP contribution in [0.2, 0.25) is 0 Å². The highest BCUT2D eigenvalue weighted by Crippen LogP contribution is 2.35. The first-order valence-electron chi connectivity index (χ1n) is 10.2. The van der Waals surface area contributed by atoms with Crippen LogP contribution >= 0.6 is 12.6 Å². The van der Waals surface area contributed by atoms with Crippen molar-refractivity contribution in [2.45, 2.75) is 31.0 Å². The molecule has 31 heavy (non-hydrogen) atoms. The van der Waals surface area contributed by atoms with Gasteiger partial charge >= 0.3 is 0 Å². The Hall–Kier alpha value is -2.75. The summed E-state index contributed by atoms with van der Waals surface area (Å²) in [5.74, 6) is 0.0625. The topological polar surface area (TPSA) is 145 Å². The molecule has 0 saturated carbocycles. The molecule has 9 heteroatoms. The molecule has 2 aromatic rings. The molecule has 0 fully saturated rings. The lowest BCUT2D eigenvalue weighted by Crippen LogP contribution is -2.46. The fourth-order valence-electron chi connectivity index (χ4n) is 3.52. The third-order valence-electron chi connectivity index (χ3n) is 5.25. The summed E-state index contributed by atoms with van der Waals surface area (Å²) >= 11 is 4.21. The summed E-state index contributed by atoms with van der Waals surface area (Å²) in [5, 5.41) is 6.17. The van der Waals surface area contributed by atoms with Gasteiger partial charge < -0.3 is 32.6 Å². The number of amides is 2. The minimum atomic E-state index is -0.863. The average Bonchev–Trinajstić information content (AvgIpc) is 2.77. The van der Waals surface area contributed by atoms with E-state index in [-0.39, 0.29) is 18.5 Å². The minimum absolute atomic E-state index is 0.0177. The van der Waals surface area contributed by atoms with E-state index in [1.807, 2.05) is 6.07 Å². The summed E-state index contributed by atoms with van der Waals surface area (Å²) in [6.45, 7) is 1.07. The van der Waals surface area contributed by atoms with Crippen molar-refractivity contribution in [1.29, 1.82) is 0 Å². The van der Waals surface area contributed by atoms with Gasteiger partial charge in [0.25, 0.3) is 5.91 Å². The summed E-state index contributed by atoms with van der Waals surface area (Å²) in [5.41, 5.74) is 19.9. The molecule has 0 aliphatic carbocycles. The van der Waals surface area contributed by atoms with Gasteiger partial charge in [0, 0.05) is 48.5 Å². The van der Waals surface area contributed by atoms with Crippen molar-refractivity contribution in [3.8, 4) is 5.75 Å². The van der Waals surface area contributed by atoms with Gasteiger partial charge in [0.2, 0.25) is 5.91 Å². The fraction of sp³-hybridized carbons (Fsp3) is 0.364. The number of benzene rings is 2. The van der Waals surface area contributed by atoms with Crippen LogP contribution in [0.5, 0.6) is 5.75 Å². The predicted molar refractivity (Wildman–Crippen MR) is 124 cm³/mol. The van der Waals surface area contributed by atoms with Gasteiger partial charge in [0.1, 0.15) is 11.8 Å². The molecule has 166 valence electrons. The lowest BCUT2D eigenvalue weighted by molar-refractivity contribution is -0.119. The number of nitrogens with one attached hydrogen (secondary N) is 2. The van der Waals surface area contributed by atoms with Crippen LogP contribution in [-0.4, -0.2) is 42.8 Å². The van der Waals surface area contributed by atoms with Gasteiger partial charge in [-0.25, -0.2) is 0 Å². The summed E-state index contributed by atoms with van der Waals surface area (Å²) < 4.78 is 5.84. The molecular formula is C22H29N5O3S. The zero-order valence-corrected chi connectivity index (χ0v) is 18.1. The van der Waals surface area contributed by atoms with Crippen LogP contribution in [0.4, 0.5) is 5.69 Å². The predicted octanol–water partition coefficient (Wildman–Crippen LogP) is 0.766. The maximum atomic E-state index is 13.0. The van der Waals surface area contributed by atoms with E-state index in [4.69, 9.17) is 21.9 Å². The van der Waals surface area contributed by atoms with Crippen molar-refractivity contribution >= 4 is 30.1 Å². The number of anilines is 1. The Kier molecular flexibility index (Phi) is 7.78. The molecule has 0 saturated heterocycles. The molecule has 0 radical (unpaired) electrons. The van der Waals surface area contributed by atoms with Gasteiger partial charge in [-0.2, -0.15) is 12.6 Å². The largest absolute Gasteiger partial charge is 0.492 e. The molecule has 2 aromatic carbocycles. The maximum Gasteiger partial charge on any atom is 0.255 e. The van der Waals surface area contributed by atoms with Crippen LogP contribution in [0, 0.1) is 0 Å². The third-order valence-corrected chi connectivity index (χ3v) is 5.72. The van der Waals surface area contributed by atoms with E-state index in [0.29, 0.717) is 35.9 Å². The second-order valence-electron chi connectivity index (χ2n) is 7.64. The summed E-state index contributed by atoms with van der Waals surface area (Å²) in [6.07, 6.45) is 1.03. The molecule has 1 heterocycles. The molecule has 1 aliphatic heterocycles. The van der Waals surface area contributed by atoms with Crippen molar-refractivity contribution in [1.82, 2.24) is 10.6 Å². The highest BCUT2D eigenvalue weighted by Gasteiger charge is 2.28. The summed E-state index contributed by atoms with van der Waals surface area (Å²) in [4.78, 5) is 25.0. The van der Waals surface area contributed by atoms with E-state index in [1.165, 1.54) is 0 Å². The number of ether oxygens (including phenoxy) is 1. The zero-order valence-electron chi connectivity index (χ0n) is 17.2. The van der Waals surface area contributed by atoms with Crippen LogP contribution in [0.15, 0.2) is 42.5 Å². The first-order chi connectivity index (χ1) is 14.9. The number of para-hydroxylation sites is 1. The second-order valence-corrected chi connectivity index (χ2v) is 8.00. The zero-order chi connectivity index (χ0) is 22.4. The molecule has 0 aromatic heterocycles. The van der Waals surface area contributed by atoms with E-state index in [0.717, 1.165) is 17.5 Å². The monoisotopic (exact) mass is 443 g/mol. The normalized spacial score (nSPS) is 17.2. The Morgan fingerprint density at radius 2 is 1.94 bits per heavy atom. The Bertz CT molecular complexity index is 922. The van der Waals surface area contributed by atoms with Gasteiger partial charge in [-0.15, -0.1) is 0 Å². The van der Waals surface area contributed by atoms with Gasteiger partial charge in [-0.05, 0) is 23.8 Å². The molecule has 3 unspecified atom stereocenters. The van der Waals surface area contributed by atoms with E-state index in [1.54, 1.807) is 36.4 Å². The smallest absolute Gasteiger partial charge is 0.255 e. The highest BCUT2D eigenvalue weighted by atomic mass is 32.1. The van der Waals surface area contributed by atoms with Crippen molar-refractivity contribution in [3.05, 3.63) is 59.2 Å². The van der Waals surface area contributed by atoms with Crippen molar-refractivity contribution < 1.29 is 14.3 Å². The quantitative estimate of drug-likeness (QED) is 0.249. The van der Waals surface area contributed by atoms with Crippen molar-refractivity contribution in [3.63, 3.8) is 0 Å². The van der Waals surface area contributed by atoms with Crippen molar-refractivity contribution in [2.75, 3.05) is 24.6 Å². The van der Waals surface area contributed by atoms with Gasteiger partial charge in [0.05, 0.1) is 12.2 Å². The highest BCUT2D eigenvalue weighted by molar-refractivity contribution is 7.80. The number of carbonyl (C=O) groups excluding carboxylic acids is 2.